The summed E-state index contributed by atoms with van der Waals surface area (Å²) in [6.07, 6.45) is 16.7. The lowest BCUT2D eigenvalue weighted by Crippen LogP contribution is -2.55. The Morgan fingerprint density at radius 1 is 0.800 bits per heavy atom. The lowest BCUT2D eigenvalue weighted by Gasteiger charge is -2.35. The predicted molar refractivity (Wildman–Crippen MR) is 258 cm³/mol. The van der Waals surface area contributed by atoms with Crippen molar-refractivity contribution in [2.24, 2.45) is 5.92 Å². The van der Waals surface area contributed by atoms with Crippen LogP contribution in [-0.2, 0) is 14.4 Å². The van der Waals surface area contributed by atoms with E-state index in [-0.39, 0.29) is 41.4 Å². The molecule has 3 atom stereocenters. The van der Waals surface area contributed by atoms with Gasteiger partial charge < -0.3 is 36.6 Å². The molecule has 1 aromatic heterocycles. The molecule has 2 aliphatic rings. The third-order valence-electron chi connectivity index (χ3n) is 12.6. The first-order valence-electron chi connectivity index (χ1n) is 23.7. The molecule has 2 heterocycles. The van der Waals surface area contributed by atoms with E-state index in [2.05, 4.69) is 21.3 Å². The van der Waals surface area contributed by atoms with E-state index in [1.165, 1.54) is 11.3 Å². The second-order valence-electron chi connectivity index (χ2n) is 17.5. The first-order valence-corrected chi connectivity index (χ1v) is 24.6. The SMILES string of the molecule is CN[C@@H](C)C(=O)N[C@H](C(=O)N1CCC[C@H]1c1nc(C(=O)c2cccc(OCCCCCCCCCCCC(=O)Nc3ccc(C(=O)Nc4ccccc4N)cc3)c2)cs1)C1CCCCC1. The van der Waals surface area contributed by atoms with E-state index in [1.807, 2.05) is 29.2 Å². The fraction of sp³-hybridized carbons (Fsp3) is 0.490. The van der Waals surface area contributed by atoms with Gasteiger partial charge in [-0.05, 0) is 107 Å². The summed E-state index contributed by atoms with van der Waals surface area (Å²) in [5.41, 5.74) is 8.99. The molecule has 4 amide bonds. The number of nitrogens with zero attached hydrogens (tertiary/aromatic N) is 2. The molecule has 6 N–H and O–H groups in total. The molecule has 0 unspecified atom stereocenters. The van der Waals surface area contributed by atoms with Gasteiger partial charge in [0.1, 0.15) is 22.5 Å². The van der Waals surface area contributed by atoms with Crippen LogP contribution in [0.1, 0.15) is 154 Å². The van der Waals surface area contributed by atoms with Crippen molar-refractivity contribution >= 4 is 57.8 Å². The monoisotopic (exact) mass is 905 g/mol. The summed E-state index contributed by atoms with van der Waals surface area (Å²) in [7, 11) is 1.74. The number of rotatable bonds is 24. The fourth-order valence-corrected chi connectivity index (χ4v) is 9.64. The molecule has 6 rings (SSSR count). The van der Waals surface area contributed by atoms with E-state index in [0.717, 1.165) is 108 Å². The third kappa shape index (κ3) is 14.4. The van der Waals surface area contributed by atoms with Crippen molar-refractivity contribution in [3.05, 3.63) is 100 Å². The fourth-order valence-electron chi connectivity index (χ4n) is 8.69. The quantitative estimate of drug-likeness (QED) is 0.0260. The molecular formula is C51H67N7O6S. The Kier molecular flexibility index (Phi) is 18.9. The van der Waals surface area contributed by atoms with Gasteiger partial charge in [0.25, 0.3) is 5.91 Å². The van der Waals surface area contributed by atoms with Gasteiger partial charge in [0, 0.05) is 35.2 Å². The molecule has 1 aliphatic carbocycles. The summed E-state index contributed by atoms with van der Waals surface area (Å²) < 4.78 is 6.05. The lowest BCUT2D eigenvalue weighted by molar-refractivity contribution is -0.139. The first-order chi connectivity index (χ1) is 31.6. The van der Waals surface area contributed by atoms with Gasteiger partial charge in [-0.25, -0.2) is 4.98 Å². The minimum Gasteiger partial charge on any atom is -0.494 e. The zero-order chi connectivity index (χ0) is 46.0. The number of aromatic nitrogens is 1. The van der Waals surface area contributed by atoms with E-state index in [4.69, 9.17) is 15.5 Å². The predicted octanol–water partition coefficient (Wildman–Crippen LogP) is 9.46. The molecule has 4 aromatic rings. The van der Waals surface area contributed by atoms with Crippen molar-refractivity contribution in [3.63, 3.8) is 0 Å². The highest BCUT2D eigenvalue weighted by Gasteiger charge is 2.40. The van der Waals surface area contributed by atoms with E-state index < -0.39 is 12.1 Å². The number of ketones is 1. The number of para-hydroxylation sites is 2. The van der Waals surface area contributed by atoms with Crippen molar-refractivity contribution in [2.45, 2.75) is 134 Å². The van der Waals surface area contributed by atoms with Crippen LogP contribution in [0.15, 0.2) is 78.2 Å². The summed E-state index contributed by atoms with van der Waals surface area (Å²) in [6, 6.07) is 20.0. The summed E-state index contributed by atoms with van der Waals surface area (Å²) >= 11 is 1.42. The van der Waals surface area contributed by atoms with Crippen molar-refractivity contribution in [2.75, 3.05) is 36.6 Å². The van der Waals surface area contributed by atoms with Crippen LogP contribution in [-0.4, -0.2) is 71.6 Å². The van der Waals surface area contributed by atoms with Gasteiger partial charge in [0.05, 0.1) is 30.1 Å². The van der Waals surface area contributed by atoms with Crippen LogP contribution in [0.2, 0.25) is 0 Å². The lowest BCUT2D eigenvalue weighted by atomic mass is 9.83. The molecular weight excluding hydrogens is 839 g/mol. The highest BCUT2D eigenvalue weighted by atomic mass is 32.1. The van der Waals surface area contributed by atoms with Crippen LogP contribution in [0.3, 0.4) is 0 Å². The summed E-state index contributed by atoms with van der Waals surface area (Å²) in [5, 5.41) is 14.3. The molecule has 2 fully saturated rings. The summed E-state index contributed by atoms with van der Waals surface area (Å²) in [4.78, 5) is 72.5. The van der Waals surface area contributed by atoms with Crippen molar-refractivity contribution < 1.29 is 28.7 Å². The Hall–Kier alpha value is -5.60. The van der Waals surface area contributed by atoms with Gasteiger partial charge in [-0.15, -0.1) is 11.3 Å². The molecule has 1 aliphatic heterocycles. The smallest absolute Gasteiger partial charge is 0.255 e. The van der Waals surface area contributed by atoms with E-state index in [1.54, 1.807) is 67.9 Å². The highest BCUT2D eigenvalue weighted by molar-refractivity contribution is 7.10. The standard InChI is InChI=1S/C51H67N7O6S/c1-35(53-2)48(61)57-46(36-19-11-10-12-20-36)51(63)58-31-18-25-44(58)50-56-43(34-65-50)47(60)38-21-17-22-40(33-38)64-32-16-9-7-5-3-4-6-8-13-26-45(59)54-39-29-27-37(28-30-39)49(62)55-42-24-15-14-23-41(42)52/h14-15,17,21-24,27-30,33-36,44,46,53H,3-13,16,18-20,25-26,31-32,52H2,1-2H3,(H,54,59)(H,55,62)(H,57,61)/t35-,44-,46-/m0/s1. The molecule has 1 saturated carbocycles. The second kappa shape index (κ2) is 25.2. The number of nitrogens with one attached hydrogen (secondary N) is 4. The van der Waals surface area contributed by atoms with Crippen LogP contribution in [0, 0.1) is 5.92 Å². The maximum atomic E-state index is 14.2. The molecule has 0 bridgehead atoms. The number of thiazole rings is 1. The van der Waals surface area contributed by atoms with Gasteiger partial charge in [-0.2, -0.15) is 0 Å². The van der Waals surface area contributed by atoms with Crippen LogP contribution in [0.25, 0.3) is 0 Å². The molecule has 65 heavy (non-hydrogen) atoms. The van der Waals surface area contributed by atoms with Gasteiger partial charge in [-0.1, -0.05) is 88.5 Å². The minimum atomic E-state index is -0.566. The van der Waals surface area contributed by atoms with E-state index in [9.17, 15) is 24.0 Å². The van der Waals surface area contributed by atoms with Gasteiger partial charge in [0.15, 0.2) is 0 Å². The van der Waals surface area contributed by atoms with Crippen molar-refractivity contribution in [3.8, 4) is 5.75 Å². The number of ether oxygens (including phenoxy) is 1. The highest BCUT2D eigenvalue weighted by Crippen LogP contribution is 2.37. The molecule has 13 nitrogen and oxygen atoms in total. The average molecular weight is 906 g/mol. The number of carbonyl (C=O) groups is 5. The number of nitrogens with two attached hydrogens (primary N) is 1. The van der Waals surface area contributed by atoms with Crippen LogP contribution >= 0.6 is 11.3 Å². The Morgan fingerprint density at radius 3 is 2.23 bits per heavy atom. The second-order valence-corrected chi connectivity index (χ2v) is 18.3. The summed E-state index contributed by atoms with van der Waals surface area (Å²) in [6.45, 7) is 2.98. The number of amides is 4. The molecule has 1 saturated heterocycles. The number of hydrogen-bond donors (Lipinski definition) is 5. The number of carbonyl (C=O) groups excluding carboxylic acids is 5. The van der Waals surface area contributed by atoms with Crippen LogP contribution < -0.4 is 31.7 Å². The van der Waals surface area contributed by atoms with Gasteiger partial charge in [0.2, 0.25) is 23.5 Å². The van der Waals surface area contributed by atoms with Gasteiger partial charge >= 0.3 is 0 Å². The maximum Gasteiger partial charge on any atom is 0.255 e. The van der Waals surface area contributed by atoms with Crippen LogP contribution in [0.4, 0.5) is 17.1 Å². The average Bonchev–Trinajstić information content (AvgIpc) is 4.03. The van der Waals surface area contributed by atoms with Gasteiger partial charge in [-0.3, -0.25) is 24.0 Å². The largest absolute Gasteiger partial charge is 0.494 e. The molecule has 0 spiro atoms. The Labute approximate surface area is 388 Å². The molecule has 3 aromatic carbocycles. The first kappa shape index (κ1) is 48.8. The third-order valence-corrected chi connectivity index (χ3v) is 13.6. The maximum absolute atomic E-state index is 14.2. The zero-order valence-electron chi connectivity index (χ0n) is 38.1. The molecule has 14 heteroatoms. The number of nitrogen functional groups attached to an aromatic ring is 1. The topological polar surface area (TPSA) is 185 Å². The number of benzene rings is 3. The zero-order valence-corrected chi connectivity index (χ0v) is 38.9. The van der Waals surface area contributed by atoms with Crippen molar-refractivity contribution in [1.29, 1.82) is 0 Å². The Morgan fingerprint density at radius 2 is 1.51 bits per heavy atom. The molecule has 348 valence electrons. The Balaban J connectivity index is 0.838. The Bertz CT molecular complexity index is 2190. The number of likely N-dealkylation sites (tertiary alicyclic amines) is 1. The van der Waals surface area contributed by atoms with E-state index >= 15 is 0 Å². The molecule has 0 radical (unpaired) electrons. The number of anilines is 3. The number of unbranched alkanes of at least 4 members (excludes halogenated alkanes) is 8. The number of likely N-dealkylation sites (N-methyl/N-ethyl adjacent to an activating group) is 1. The number of hydrogen-bond acceptors (Lipinski definition) is 10. The minimum absolute atomic E-state index is 0.0297. The summed E-state index contributed by atoms with van der Waals surface area (Å²) in [5.74, 6) is 0.0879. The van der Waals surface area contributed by atoms with E-state index in [0.29, 0.717) is 59.2 Å². The van der Waals surface area contributed by atoms with Crippen molar-refractivity contribution in [1.82, 2.24) is 20.5 Å². The van der Waals surface area contributed by atoms with Crippen LogP contribution in [0.5, 0.6) is 5.75 Å². The normalized spacial score (nSPS) is 16.1.